The molecule has 0 radical (unpaired) electrons. The minimum absolute atomic E-state index is 0.149. The zero-order valence-electron chi connectivity index (χ0n) is 31.4. The van der Waals surface area contributed by atoms with Crippen LogP contribution >= 0.6 is 11.3 Å². The van der Waals surface area contributed by atoms with Crippen molar-refractivity contribution >= 4 is 70.5 Å². The molecule has 0 spiro atoms. The average Bonchev–Trinajstić information content (AvgIpc) is 3.94. The highest BCUT2D eigenvalue weighted by molar-refractivity contribution is 7.25. The van der Waals surface area contributed by atoms with Gasteiger partial charge in [0.25, 0.3) is 0 Å². The number of hydrogen-bond donors (Lipinski definition) is 0. The lowest BCUT2D eigenvalue weighted by molar-refractivity contribution is 0.638. The average molecular weight is 736 g/mol. The van der Waals surface area contributed by atoms with Crippen molar-refractivity contribution in [1.29, 1.82) is 0 Å². The van der Waals surface area contributed by atoms with Crippen LogP contribution in [0.4, 0.5) is 17.1 Å². The number of benzene rings is 8. The molecule has 0 atom stereocenters. The zero-order valence-corrected chi connectivity index (χ0v) is 32.2. The van der Waals surface area contributed by atoms with Gasteiger partial charge in [-0.15, -0.1) is 11.3 Å². The third-order valence-electron chi connectivity index (χ3n) is 12.9. The van der Waals surface area contributed by atoms with Crippen LogP contribution in [0.1, 0.15) is 48.6 Å². The van der Waals surface area contributed by atoms with Crippen molar-refractivity contribution in [1.82, 2.24) is 0 Å². The van der Waals surface area contributed by atoms with Gasteiger partial charge in [-0.05, 0) is 100.0 Å². The van der Waals surface area contributed by atoms with Crippen LogP contribution in [0.5, 0.6) is 0 Å². The number of furan rings is 1. The van der Waals surface area contributed by atoms with Crippen molar-refractivity contribution in [2.24, 2.45) is 0 Å². The molecule has 12 rings (SSSR count). The van der Waals surface area contributed by atoms with Crippen LogP contribution in [0, 0.1) is 0 Å². The van der Waals surface area contributed by atoms with Crippen LogP contribution in [-0.4, -0.2) is 0 Å². The first kappa shape index (κ1) is 31.9. The minimum atomic E-state index is -0.526. The molecular formula is C53H37NOS. The second-order valence-corrected chi connectivity index (χ2v) is 17.2. The molecule has 0 saturated carbocycles. The molecule has 2 aromatic heterocycles. The van der Waals surface area contributed by atoms with E-state index in [4.69, 9.17) is 4.42 Å². The van der Waals surface area contributed by atoms with Crippen LogP contribution in [0.3, 0.4) is 0 Å². The zero-order chi connectivity index (χ0) is 37.3. The first-order chi connectivity index (χ1) is 27.4. The molecule has 3 heteroatoms. The molecule has 56 heavy (non-hydrogen) atoms. The first-order valence-corrected chi connectivity index (χ1v) is 20.3. The molecule has 2 nitrogen and oxygen atoms in total. The molecule has 0 aliphatic heterocycles. The van der Waals surface area contributed by atoms with Gasteiger partial charge in [0.2, 0.25) is 0 Å². The van der Waals surface area contributed by atoms with Crippen LogP contribution < -0.4 is 4.90 Å². The van der Waals surface area contributed by atoms with Crippen LogP contribution in [0.2, 0.25) is 0 Å². The Morgan fingerprint density at radius 3 is 1.77 bits per heavy atom. The number of para-hydroxylation sites is 1. The topological polar surface area (TPSA) is 16.4 Å². The molecule has 266 valence electrons. The Kier molecular flexibility index (Phi) is 6.44. The normalized spacial score (nSPS) is 14.6. The lowest BCUT2D eigenvalue weighted by Gasteiger charge is -2.35. The van der Waals surface area contributed by atoms with E-state index < -0.39 is 5.41 Å². The second kappa shape index (κ2) is 11.3. The monoisotopic (exact) mass is 735 g/mol. The van der Waals surface area contributed by atoms with Gasteiger partial charge in [-0.3, -0.25) is 0 Å². The summed E-state index contributed by atoms with van der Waals surface area (Å²) < 4.78 is 9.67. The lowest BCUT2D eigenvalue weighted by Crippen LogP contribution is -2.26. The molecular weight excluding hydrogens is 699 g/mol. The summed E-state index contributed by atoms with van der Waals surface area (Å²) in [5.74, 6) is 0. The predicted octanol–water partition coefficient (Wildman–Crippen LogP) is 15.1. The van der Waals surface area contributed by atoms with Crippen molar-refractivity contribution in [2.75, 3.05) is 4.90 Å². The van der Waals surface area contributed by atoms with Crippen molar-refractivity contribution in [2.45, 2.75) is 31.6 Å². The number of thiophene rings is 1. The van der Waals surface area contributed by atoms with Crippen LogP contribution in [0.15, 0.2) is 174 Å². The maximum Gasteiger partial charge on any atom is 0.141 e. The van der Waals surface area contributed by atoms with E-state index in [-0.39, 0.29) is 5.41 Å². The molecule has 2 heterocycles. The number of fused-ring (bicyclic) bond motifs is 12. The van der Waals surface area contributed by atoms with Gasteiger partial charge in [0.1, 0.15) is 11.2 Å². The number of rotatable bonds is 4. The molecule has 2 aliphatic rings. The number of hydrogen-bond acceptors (Lipinski definition) is 3. The summed E-state index contributed by atoms with van der Waals surface area (Å²) in [7, 11) is 0. The largest absolute Gasteiger partial charge is 0.456 e. The van der Waals surface area contributed by atoms with E-state index in [1.54, 1.807) is 0 Å². The molecule has 8 aromatic carbocycles. The summed E-state index contributed by atoms with van der Waals surface area (Å²) in [6.07, 6.45) is 0. The van der Waals surface area contributed by atoms with Crippen molar-refractivity contribution < 1.29 is 4.42 Å². The van der Waals surface area contributed by atoms with E-state index in [1.807, 2.05) is 11.3 Å². The van der Waals surface area contributed by atoms with Gasteiger partial charge in [-0.25, -0.2) is 0 Å². The van der Waals surface area contributed by atoms with E-state index >= 15 is 0 Å². The van der Waals surface area contributed by atoms with Gasteiger partial charge < -0.3 is 9.32 Å². The highest BCUT2D eigenvalue weighted by Gasteiger charge is 2.45. The Morgan fingerprint density at radius 1 is 0.446 bits per heavy atom. The van der Waals surface area contributed by atoms with E-state index in [0.717, 1.165) is 39.0 Å². The summed E-state index contributed by atoms with van der Waals surface area (Å²) in [6.45, 7) is 7.15. The molecule has 10 aromatic rings. The van der Waals surface area contributed by atoms with Gasteiger partial charge in [0.05, 0.1) is 5.69 Å². The van der Waals surface area contributed by atoms with Crippen LogP contribution in [-0.2, 0) is 10.8 Å². The van der Waals surface area contributed by atoms with Gasteiger partial charge in [-0.2, -0.15) is 0 Å². The fourth-order valence-electron chi connectivity index (χ4n) is 10.3. The Labute approximate surface area is 329 Å². The minimum Gasteiger partial charge on any atom is -0.456 e. The fraction of sp³-hybridized carbons (Fsp3) is 0.0943. The Hall–Kier alpha value is -6.42. The van der Waals surface area contributed by atoms with Gasteiger partial charge in [0.15, 0.2) is 0 Å². The van der Waals surface area contributed by atoms with Gasteiger partial charge >= 0.3 is 0 Å². The summed E-state index contributed by atoms with van der Waals surface area (Å²) >= 11 is 1.87. The van der Waals surface area contributed by atoms with Crippen LogP contribution in [0.25, 0.3) is 64.4 Å². The summed E-state index contributed by atoms with van der Waals surface area (Å²) in [5, 5.41) is 4.86. The summed E-state index contributed by atoms with van der Waals surface area (Å²) in [4.78, 5) is 2.51. The Morgan fingerprint density at radius 2 is 1.00 bits per heavy atom. The molecule has 0 bridgehead atoms. The third-order valence-corrected chi connectivity index (χ3v) is 14.1. The number of anilines is 3. The number of nitrogens with zero attached hydrogens (tertiary/aromatic N) is 1. The van der Waals surface area contributed by atoms with Gasteiger partial charge in [-0.1, -0.05) is 135 Å². The quantitative estimate of drug-likeness (QED) is 0.179. The van der Waals surface area contributed by atoms with E-state index in [9.17, 15) is 0 Å². The van der Waals surface area contributed by atoms with Crippen molar-refractivity contribution in [3.63, 3.8) is 0 Å². The predicted molar refractivity (Wildman–Crippen MR) is 236 cm³/mol. The van der Waals surface area contributed by atoms with E-state index in [2.05, 4.69) is 196 Å². The first-order valence-electron chi connectivity index (χ1n) is 19.5. The smallest absolute Gasteiger partial charge is 0.141 e. The summed E-state index contributed by atoms with van der Waals surface area (Å²) in [6, 6.07) is 62.9. The van der Waals surface area contributed by atoms with Crippen molar-refractivity contribution in [3.05, 3.63) is 198 Å². The lowest BCUT2D eigenvalue weighted by atomic mass is 9.72. The standard InChI is InChI=1S/C53H37NOS/c1-52(2)42-19-9-4-14-34(42)37-26-24-32(30-45(37)52)54(33-25-27-40-39-18-8-13-23-48(39)56-49(40)31-33)46-29-28-41-38-17-7-12-22-47(38)55-51(41)50(46)53(3)43-20-10-5-15-35(43)36-16-6-11-21-44(36)53/h4-31H,1-3H3. The third kappa shape index (κ3) is 4.16. The van der Waals surface area contributed by atoms with E-state index in [0.29, 0.717) is 0 Å². The molecule has 0 amide bonds. The highest BCUT2D eigenvalue weighted by atomic mass is 32.1. The fourth-order valence-corrected chi connectivity index (χ4v) is 11.4. The Bertz CT molecular complexity index is 3220. The molecule has 2 aliphatic carbocycles. The SMILES string of the molecule is CC1(C)c2ccccc2-c2ccc(N(c3ccc4c(c3)sc3ccccc34)c3ccc4c(oc5ccccc54)c3C3(C)c4ccccc4-c4ccccc43)cc21. The maximum absolute atomic E-state index is 7.09. The molecule has 0 fully saturated rings. The summed E-state index contributed by atoms with van der Waals surface area (Å²) in [5.41, 5.74) is 16.2. The maximum atomic E-state index is 7.09. The van der Waals surface area contributed by atoms with Gasteiger partial charge in [0, 0.05) is 58.7 Å². The molecule has 0 N–H and O–H groups in total. The Balaban J connectivity index is 1.20. The van der Waals surface area contributed by atoms with Crippen molar-refractivity contribution in [3.8, 4) is 22.3 Å². The highest BCUT2D eigenvalue weighted by Crippen LogP contribution is 2.58. The second-order valence-electron chi connectivity index (χ2n) is 16.2. The molecule has 0 unspecified atom stereocenters. The van der Waals surface area contributed by atoms with E-state index in [1.165, 1.54) is 70.2 Å². The molecule has 0 saturated heterocycles.